The molecule has 0 radical (unpaired) electrons. The molecule has 3 aliphatic rings. The lowest BCUT2D eigenvalue weighted by Crippen LogP contribution is -2.74. The minimum atomic E-state index is -2.80. The van der Waals surface area contributed by atoms with Crippen LogP contribution in [0.2, 0.25) is 0 Å². The normalized spacial score (nSPS) is 26.9. The van der Waals surface area contributed by atoms with E-state index >= 15 is 0 Å². The van der Waals surface area contributed by atoms with Crippen LogP contribution in [0.4, 0.5) is 16.1 Å². The molecule has 1 amide bonds. The topological polar surface area (TPSA) is 196 Å². The van der Waals surface area contributed by atoms with Crippen LogP contribution >= 0.6 is 0 Å². The molecule has 2 aromatic carbocycles. The molecule has 0 bridgehead atoms. The number of aromatic hydroxyl groups is 1. The number of nitrogens with one attached hydrogen (secondary N) is 1. The Labute approximate surface area is 268 Å². The third-order valence-electron chi connectivity index (χ3n) is 9.67. The standard InChI is InChI=1S/C33H34FN5O8/c1-38(2)21-11-16(12-36-32-37-20(13-47-32)14-5-7-17(34)8-6-14)26(40)23-18(21)9-15-10-19-25(39(3)4)28(42)24(31(35)45)30(44)33(19,46)29(43)22(15)27(23)41/h5-8,11,13,15,19,22,24-25,40,46H,9-10,12H2,1-4H3,(H2,35,45)(H,36,37)/t15-,19-,22?,24?,25-,33-/m0/s1. The lowest BCUT2D eigenvalue weighted by atomic mass is 9.52. The van der Waals surface area contributed by atoms with Gasteiger partial charge in [0.05, 0.1) is 17.5 Å². The number of phenolic OH excluding ortho intramolecular Hbond substituents is 1. The number of anilines is 2. The highest BCUT2D eigenvalue weighted by atomic mass is 19.1. The molecule has 2 fully saturated rings. The Hall–Kier alpha value is -4.95. The largest absolute Gasteiger partial charge is 0.507 e. The van der Waals surface area contributed by atoms with Crippen molar-refractivity contribution in [1.29, 1.82) is 0 Å². The first-order valence-electron chi connectivity index (χ1n) is 15.0. The van der Waals surface area contributed by atoms with Gasteiger partial charge in [-0.1, -0.05) is 0 Å². The summed E-state index contributed by atoms with van der Waals surface area (Å²) in [6, 6.07) is 6.31. The number of Topliss-reactive ketones (excluding diaryl/α,β-unsaturated/α-hetero) is 4. The van der Waals surface area contributed by atoms with Gasteiger partial charge in [0.15, 0.2) is 34.7 Å². The molecule has 1 heterocycles. The van der Waals surface area contributed by atoms with Gasteiger partial charge in [-0.3, -0.25) is 28.9 Å². The second-order valence-electron chi connectivity index (χ2n) is 12.8. The summed E-state index contributed by atoms with van der Waals surface area (Å²) in [6.45, 7) is -0.0456. The minimum Gasteiger partial charge on any atom is -0.507 e. The number of amides is 1. The number of carbonyl (C=O) groups excluding carboxylic acids is 5. The molecule has 5 N–H and O–H groups in total. The summed E-state index contributed by atoms with van der Waals surface area (Å²) in [7, 11) is 6.60. The maximum atomic E-state index is 14.2. The molecule has 0 aliphatic heterocycles. The molecule has 0 spiro atoms. The Bertz CT molecular complexity index is 1840. The number of nitrogens with zero attached hydrogens (tertiary/aromatic N) is 3. The fourth-order valence-electron chi connectivity index (χ4n) is 7.52. The van der Waals surface area contributed by atoms with E-state index in [1.54, 1.807) is 37.2 Å². The highest BCUT2D eigenvalue weighted by molar-refractivity contribution is 6.32. The Morgan fingerprint density at radius 1 is 1.13 bits per heavy atom. The molecular weight excluding hydrogens is 613 g/mol. The quantitative estimate of drug-likeness (QED) is 0.269. The van der Waals surface area contributed by atoms with E-state index in [9.17, 15) is 38.6 Å². The van der Waals surface area contributed by atoms with E-state index in [2.05, 4.69) is 10.3 Å². The predicted molar refractivity (Wildman–Crippen MR) is 165 cm³/mol. The molecule has 2 saturated carbocycles. The van der Waals surface area contributed by atoms with Gasteiger partial charge in [-0.2, -0.15) is 4.98 Å². The third kappa shape index (κ3) is 4.90. The second kappa shape index (κ2) is 11.4. The Kier molecular flexibility index (Phi) is 7.75. The number of carbonyl (C=O) groups is 5. The Morgan fingerprint density at radius 2 is 1.81 bits per heavy atom. The average Bonchev–Trinajstić information content (AvgIpc) is 3.47. The maximum Gasteiger partial charge on any atom is 0.295 e. The van der Waals surface area contributed by atoms with Crippen molar-refractivity contribution in [2.45, 2.75) is 31.0 Å². The van der Waals surface area contributed by atoms with Gasteiger partial charge < -0.3 is 30.6 Å². The van der Waals surface area contributed by atoms with Crippen LogP contribution in [-0.2, 0) is 32.1 Å². The van der Waals surface area contributed by atoms with Crippen molar-refractivity contribution in [3.05, 3.63) is 59.1 Å². The van der Waals surface area contributed by atoms with Crippen LogP contribution in [0, 0.1) is 29.5 Å². The van der Waals surface area contributed by atoms with Gasteiger partial charge in [-0.05, 0) is 68.8 Å². The van der Waals surface area contributed by atoms with Crippen molar-refractivity contribution in [3.8, 4) is 17.0 Å². The van der Waals surface area contributed by atoms with Crippen LogP contribution < -0.4 is 16.0 Å². The number of hydrogen-bond donors (Lipinski definition) is 4. The number of aliphatic hydroxyl groups is 1. The number of fused-ring (bicyclic) bond motifs is 3. The molecule has 14 heteroatoms. The molecule has 0 saturated heterocycles. The minimum absolute atomic E-state index is 0.0403. The van der Waals surface area contributed by atoms with Crippen molar-refractivity contribution in [2.75, 3.05) is 38.4 Å². The number of nitrogens with two attached hydrogens (primary N) is 1. The molecule has 47 heavy (non-hydrogen) atoms. The molecule has 3 aromatic rings. The van der Waals surface area contributed by atoms with E-state index < -0.39 is 70.2 Å². The zero-order valence-electron chi connectivity index (χ0n) is 26.1. The fourth-order valence-corrected chi connectivity index (χ4v) is 7.52. The van der Waals surface area contributed by atoms with Crippen LogP contribution in [0.15, 0.2) is 41.0 Å². The Balaban J connectivity index is 1.36. The molecule has 6 atom stereocenters. The van der Waals surface area contributed by atoms with Crippen molar-refractivity contribution in [3.63, 3.8) is 0 Å². The van der Waals surface area contributed by atoms with Gasteiger partial charge >= 0.3 is 0 Å². The van der Waals surface area contributed by atoms with Gasteiger partial charge in [0.25, 0.3) is 6.01 Å². The first kappa shape index (κ1) is 32.0. The number of oxazole rings is 1. The number of likely N-dealkylation sites (N-methyl/N-ethyl adjacent to an activating group) is 1. The van der Waals surface area contributed by atoms with E-state index in [1.807, 2.05) is 0 Å². The first-order chi connectivity index (χ1) is 22.2. The van der Waals surface area contributed by atoms with Gasteiger partial charge in [-0.15, -0.1) is 0 Å². The number of ketones is 4. The number of benzene rings is 2. The number of hydrogen-bond acceptors (Lipinski definition) is 12. The fraction of sp³-hybridized carbons (Fsp3) is 0.394. The SMILES string of the molecule is CN(C)c1cc(CNc2nc(-c3ccc(F)cc3)co2)c(O)c2c1C[C@H]1C[C@H]3[C@H](N(C)C)C(=O)C(C(N)=O)C(=O)[C@@]3(O)C(=O)C1C2=O. The van der Waals surface area contributed by atoms with Crippen molar-refractivity contribution >= 4 is 40.7 Å². The summed E-state index contributed by atoms with van der Waals surface area (Å²) in [5, 5.41) is 26.2. The van der Waals surface area contributed by atoms with E-state index in [4.69, 9.17) is 10.2 Å². The highest BCUT2D eigenvalue weighted by Gasteiger charge is 2.69. The average molecular weight is 648 g/mol. The summed E-state index contributed by atoms with van der Waals surface area (Å²) in [6.07, 6.45) is 1.48. The van der Waals surface area contributed by atoms with Crippen LogP contribution in [0.25, 0.3) is 11.3 Å². The van der Waals surface area contributed by atoms with Crippen LogP contribution in [0.3, 0.4) is 0 Å². The van der Waals surface area contributed by atoms with Crippen molar-refractivity contribution in [1.82, 2.24) is 9.88 Å². The van der Waals surface area contributed by atoms with Gasteiger partial charge in [-0.25, -0.2) is 4.39 Å². The van der Waals surface area contributed by atoms with E-state index in [-0.39, 0.29) is 42.3 Å². The zero-order chi connectivity index (χ0) is 34.1. The molecule has 246 valence electrons. The van der Waals surface area contributed by atoms with Gasteiger partial charge in [0, 0.05) is 43.4 Å². The number of primary amides is 1. The molecule has 3 aliphatic carbocycles. The molecule has 2 unspecified atom stereocenters. The number of rotatable bonds is 7. The van der Waals surface area contributed by atoms with Gasteiger partial charge in [0.1, 0.15) is 23.5 Å². The summed E-state index contributed by atoms with van der Waals surface area (Å²) >= 11 is 0. The molecular formula is C33H34FN5O8. The van der Waals surface area contributed by atoms with E-state index in [0.717, 1.165) is 0 Å². The summed E-state index contributed by atoms with van der Waals surface area (Å²) < 4.78 is 18.8. The van der Waals surface area contributed by atoms with E-state index in [0.29, 0.717) is 22.5 Å². The third-order valence-corrected chi connectivity index (χ3v) is 9.67. The van der Waals surface area contributed by atoms with Crippen molar-refractivity contribution < 1.29 is 43.0 Å². The summed E-state index contributed by atoms with van der Waals surface area (Å²) in [5.41, 5.74) is 4.91. The molecule has 1 aromatic heterocycles. The van der Waals surface area contributed by atoms with Crippen LogP contribution in [0.5, 0.6) is 5.75 Å². The molecule has 6 rings (SSSR count). The first-order valence-corrected chi connectivity index (χ1v) is 15.0. The van der Waals surface area contributed by atoms with Crippen LogP contribution in [0.1, 0.15) is 27.9 Å². The Morgan fingerprint density at radius 3 is 2.43 bits per heavy atom. The lowest BCUT2D eigenvalue weighted by Gasteiger charge is -2.52. The highest BCUT2D eigenvalue weighted by Crippen LogP contribution is 2.52. The summed E-state index contributed by atoms with van der Waals surface area (Å²) in [4.78, 5) is 74.9. The number of halogens is 1. The van der Waals surface area contributed by atoms with E-state index in [1.165, 1.54) is 37.4 Å². The lowest BCUT2D eigenvalue weighted by molar-refractivity contribution is -0.181. The smallest absolute Gasteiger partial charge is 0.295 e. The zero-order valence-corrected chi connectivity index (χ0v) is 26.1. The van der Waals surface area contributed by atoms with Crippen LogP contribution in [-0.4, -0.2) is 89.0 Å². The van der Waals surface area contributed by atoms with Crippen molar-refractivity contribution in [2.24, 2.45) is 29.4 Å². The number of aromatic nitrogens is 1. The second-order valence-corrected chi connectivity index (χ2v) is 12.8. The predicted octanol–water partition coefficient (Wildman–Crippen LogP) is 1.34. The summed E-state index contributed by atoms with van der Waals surface area (Å²) in [5.74, 6) is -11.5. The molecule has 13 nitrogen and oxygen atoms in total. The van der Waals surface area contributed by atoms with Gasteiger partial charge in [0.2, 0.25) is 5.91 Å². The number of phenols is 1. The maximum absolute atomic E-state index is 14.2. The monoisotopic (exact) mass is 647 g/mol.